The molecule has 0 radical (unpaired) electrons. The van der Waals surface area contributed by atoms with Gasteiger partial charge in [0, 0.05) is 6.54 Å². The van der Waals surface area contributed by atoms with E-state index in [2.05, 4.69) is 5.32 Å². The van der Waals surface area contributed by atoms with E-state index >= 15 is 0 Å². The van der Waals surface area contributed by atoms with Gasteiger partial charge in [0.15, 0.2) is 0 Å². The molecule has 1 aliphatic heterocycles. The van der Waals surface area contributed by atoms with Gasteiger partial charge in [-0.2, -0.15) is 0 Å². The molecule has 1 aliphatic carbocycles. The summed E-state index contributed by atoms with van der Waals surface area (Å²) in [5.74, 6) is -0.412. The zero-order valence-electron chi connectivity index (χ0n) is 16.4. The largest absolute Gasteiger partial charge is 0.497 e. The molecule has 2 aromatic rings. The molecule has 2 heterocycles. The molecule has 3 N–H and O–H groups in total. The van der Waals surface area contributed by atoms with Crippen LogP contribution in [0, 0.1) is 5.92 Å². The summed E-state index contributed by atoms with van der Waals surface area (Å²) < 4.78 is 12.7. The maximum atomic E-state index is 13.2. The van der Waals surface area contributed by atoms with Crippen molar-refractivity contribution < 1.29 is 24.5 Å². The first-order valence-electron chi connectivity index (χ1n) is 9.74. The van der Waals surface area contributed by atoms with Crippen molar-refractivity contribution in [3.05, 3.63) is 50.7 Å². The van der Waals surface area contributed by atoms with Gasteiger partial charge in [-0.1, -0.05) is 12.8 Å². The molecule has 1 aromatic carbocycles. The van der Waals surface area contributed by atoms with E-state index in [1.165, 1.54) is 11.7 Å². The van der Waals surface area contributed by atoms with Crippen molar-refractivity contribution in [3.63, 3.8) is 0 Å². The first-order valence-corrected chi connectivity index (χ1v) is 9.74. The number of nitrogens with zero attached hydrogens (tertiary/aromatic N) is 2. The van der Waals surface area contributed by atoms with Crippen LogP contribution in [0.3, 0.4) is 0 Å². The highest BCUT2D eigenvalue weighted by atomic mass is 16.6. The number of carbonyl (C=O) groups is 1. The van der Waals surface area contributed by atoms with Crippen molar-refractivity contribution in [3.8, 4) is 17.3 Å². The molecule has 1 saturated heterocycles. The summed E-state index contributed by atoms with van der Waals surface area (Å²) in [6, 6.07) is 6.43. The minimum Gasteiger partial charge on any atom is -0.497 e. The van der Waals surface area contributed by atoms with Gasteiger partial charge >= 0.3 is 11.7 Å². The maximum absolute atomic E-state index is 13.2. The van der Waals surface area contributed by atoms with Crippen LogP contribution >= 0.6 is 0 Å². The second-order valence-electron chi connectivity index (χ2n) is 7.49. The van der Waals surface area contributed by atoms with Crippen LogP contribution in [0.15, 0.2) is 33.9 Å². The lowest BCUT2D eigenvalue weighted by Gasteiger charge is -2.15. The number of methoxy groups -OCH3 is 1. The average molecular weight is 417 g/mol. The number of nitrogens with one attached hydrogen (secondary N) is 1. The van der Waals surface area contributed by atoms with Crippen LogP contribution in [-0.4, -0.2) is 45.2 Å². The zero-order chi connectivity index (χ0) is 21.4. The third-order valence-electron chi connectivity index (χ3n) is 5.37. The molecule has 2 atom stereocenters. The van der Waals surface area contributed by atoms with E-state index in [-0.39, 0.29) is 18.7 Å². The third kappa shape index (κ3) is 3.96. The molecule has 1 aromatic heterocycles. The summed E-state index contributed by atoms with van der Waals surface area (Å²) in [6.07, 6.45) is 1.34. The van der Waals surface area contributed by atoms with E-state index in [4.69, 9.17) is 14.6 Å². The minimum atomic E-state index is -1.07. The van der Waals surface area contributed by atoms with Gasteiger partial charge in [-0.3, -0.25) is 19.5 Å². The second kappa shape index (κ2) is 7.96. The van der Waals surface area contributed by atoms with Crippen molar-refractivity contribution in [2.45, 2.75) is 38.1 Å². The lowest BCUT2D eigenvalue weighted by atomic mass is 10.2. The van der Waals surface area contributed by atoms with E-state index < -0.39 is 35.4 Å². The smallest absolute Gasteiger partial charge is 0.338 e. The van der Waals surface area contributed by atoms with Crippen molar-refractivity contribution in [1.29, 1.82) is 0 Å². The summed E-state index contributed by atoms with van der Waals surface area (Å²) >= 11 is 0. The van der Waals surface area contributed by atoms with Crippen LogP contribution in [0.5, 0.6) is 11.6 Å². The molecule has 0 amide bonds. The quantitative estimate of drug-likeness (QED) is 0.505. The molecule has 0 bridgehead atoms. The van der Waals surface area contributed by atoms with E-state index in [0.29, 0.717) is 17.4 Å². The highest BCUT2D eigenvalue weighted by molar-refractivity contribution is 5.69. The van der Waals surface area contributed by atoms with E-state index in [0.717, 1.165) is 23.8 Å². The summed E-state index contributed by atoms with van der Waals surface area (Å²) in [4.78, 5) is 37.0. The van der Waals surface area contributed by atoms with Gasteiger partial charge < -0.3 is 19.7 Å². The lowest BCUT2D eigenvalue weighted by Crippen LogP contribution is -2.41. The molecule has 10 nitrogen and oxygen atoms in total. The number of hydrogen-bond donors (Lipinski definition) is 3. The van der Waals surface area contributed by atoms with Crippen LogP contribution < -0.4 is 21.3 Å². The molecular formula is C20H23N3O7. The molecule has 0 spiro atoms. The second-order valence-corrected chi connectivity index (χ2v) is 7.49. The van der Waals surface area contributed by atoms with Crippen LogP contribution in [0.2, 0.25) is 0 Å². The Kier molecular flexibility index (Phi) is 5.35. The van der Waals surface area contributed by atoms with Gasteiger partial charge in [-0.05, 0) is 36.6 Å². The SMILES string of the molecule is COc1ccc(-n2c(=O)c(C3OC3NCC(=O)O)c(O)n(CCC3CC3)c2=O)cc1. The van der Waals surface area contributed by atoms with Crippen molar-refractivity contribution in [1.82, 2.24) is 14.5 Å². The number of ether oxygens (including phenoxy) is 2. The van der Waals surface area contributed by atoms with Gasteiger partial charge in [-0.25, -0.2) is 9.36 Å². The van der Waals surface area contributed by atoms with Crippen molar-refractivity contribution in [2.75, 3.05) is 13.7 Å². The third-order valence-corrected chi connectivity index (χ3v) is 5.37. The van der Waals surface area contributed by atoms with Gasteiger partial charge in [-0.15, -0.1) is 0 Å². The minimum absolute atomic E-state index is 0.0656. The predicted octanol–water partition coefficient (Wildman–Crippen LogP) is 0.585. The number of aliphatic carboxylic acids is 1. The summed E-state index contributed by atoms with van der Waals surface area (Å²) in [5, 5.41) is 22.2. The highest BCUT2D eigenvalue weighted by Gasteiger charge is 2.45. The molecule has 160 valence electrons. The highest BCUT2D eigenvalue weighted by Crippen LogP contribution is 2.39. The number of aromatic hydroxyl groups is 1. The average Bonchev–Trinajstić information content (AvgIpc) is 3.63. The Hall–Kier alpha value is -3.11. The molecular weight excluding hydrogens is 394 g/mol. The number of rotatable bonds is 9. The fourth-order valence-corrected chi connectivity index (χ4v) is 3.46. The zero-order valence-corrected chi connectivity index (χ0v) is 16.4. The fraction of sp³-hybridized carbons (Fsp3) is 0.450. The van der Waals surface area contributed by atoms with Crippen LogP contribution in [0.4, 0.5) is 0 Å². The number of benzene rings is 1. The summed E-state index contributed by atoms with van der Waals surface area (Å²) in [6.45, 7) is -0.0748. The lowest BCUT2D eigenvalue weighted by molar-refractivity contribution is -0.136. The Labute approximate surface area is 171 Å². The molecule has 2 fully saturated rings. The van der Waals surface area contributed by atoms with Gasteiger partial charge in [0.2, 0.25) is 5.88 Å². The van der Waals surface area contributed by atoms with Gasteiger partial charge in [0.05, 0.1) is 19.3 Å². The monoisotopic (exact) mass is 417 g/mol. The predicted molar refractivity (Wildman–Crippen MR) is 105 cm³/mol. The van der Waals surface area contributed by atoms with E-state index in [9.17, 15) is 19.5 Å². The Morgan fingerprint density at radius 2 is 1.97 bits per heavy atom. The Balaban J connectivity index is 1.76. The Morgan fingerprint density at radius 1 is 1.27 bits per heavy atom. The molecule has 1 saturated carbocycles. The van der Waals surface area contributed by atoms with Crippen molar-refractivity contribution >= 4 is 5.97 Å². The first kappa shape index (κ1) is 20.2. The standard InChI is InChI=1S/C20H23N3O7/c1-29-13-6-4-12(5-7-13)23-19(27)15(16-17(30-16)21-10-14(24)25)18(26)22(20(23)28)9-8-11-2-3-11/h4-7,11,16-17,21,26H,2-3,8-10H2,1H3,(H,24,25). The number of carboxylic acids is 1. The molecule has 2 unspecified atom stereocenters. The van der Waals surface area contributed by atoms with Gasteiger partial charge in [0.1, 0.15) is 23.6 Å². The fourth-order valence-electron chi connectivity index (χ4n) is 3.46. The maximum Gasteiger partial charge on any atom is 0.338 e. The number of carboxylic acid groups (broad SMARTS) is 1. The number of aromatic nitrogens is 2. The number of hydrogen-bond acceptors (Lipinski definition) is 7. The summed E-state index contributed by atoms with van der Waals surface area (Å²) in [5.41, 5.74) is -1.07. The first-order chi connectivity index (χ1) is 14.4. The van der Waals surface area contributed by atoms with Crippen LogP contribution in [-0.2, 0) is 16.1 Å². The van der Waals surface area contributed by atoms with Crippen LogP contribution in [0.25, 0.3) is 5.69 Å². The van der Waals surface area contributed by atoms with Gasteiger partial charge in [0.25, 0.3) is 5.56 Å². The Morgan fingerprint density at radius 3 is 2.57 bits per heavy atom. The molecule has 10 heteroatoms. The van der Waals surface area contributed by atoms with E-state index in [1.54, 1.807) is 24.3 Å². The normalized spacial score (nSPS) is 20.2. The molecule has 2 aliphatic rings. The molecule has 30 heavy (non-hydrogen) atoms. The topological polar surface area (TPSA) is 135 Å². The van der Waals surface area contributed by atoms with Crippen molar-refractivity contribution in [2.24, 2.45) is 5.92 Å². The van der Waals surface area contributed by atoms with Crippen LogP contribution in [0.1, 0.15) is 30.9 Å². The summed E-state index contributed by atoms with van der Waals surface area (Å²) in [7, 11) is 1.51. The van der Waals surface area contributed by atoms with E-state index in [1.807, 2.05) is 0 Å². The number of epoxide rings is 1. The molecule has 4 rings (SSSR count). The Bertz CT molecular complexity index is 1070.